The maximum Gasteiger partial charge on any atom is 0.244 e. The van der Waals surface area contributed by atoms with Gasteiger partial charge < -0.3 is 0 Å². The van der Waals surface area contributed by atoms with Gasteiger partial charge in [0.2, 0.25) is 10.0 Å². The molecule has 3 aromatic rings. The molecule has 0 spiro atoms. The zero-order valence-corrected chi connectivity index (χ0v) is 14.9. The molecular weight excluding hydrogens is 354 g/mol. The second-order valence-electron chi connectivity index (χ2n) is 5.09. The highest BCUT2D eigenvalue weighted by Gasteiger charge is 2.27. The molecule has 0 N–H and O–H groups in total. The lowest BCUT2D eigenvalue weighted by Gasteiger charge is -2.24. The van der Waals surface area contributed by atoms with E-state index in [2.05, 4.69) is 9.97 Å². The fraction of sp³-hybridized carbons (Fsp3) is 0.200. The van der Waals surface area contributed by atoms with Crippen molar-refractivity contribution in [3.05, 3.63) is 52.6 Å². The van der Waals surface area contributed by atoms with Crippen LogP contribution in [0, 0.1) is 0 Å². The number of fused-ring (bicyclic) bond motifs is 1. The van der Waals surface area contributed by atoms with E-state index >= 15 is 0 Å². The molecule has 1 atom stereocenters. The average molecular weight is 368 g/mol. The van der Waals surface area contributed by atoms with Crippen molar-refractivity contribution in [2.75, 3.05) is 7.05 Å². The van der Waals surface area contributed by atoms with E-state index in [1.54, 1.807) is 30.8 Å². The van der Waals surface area contributed by atoms with Crippen LogP contribution in [0.2, 0.25) is 5.02 Å². The van der Waals surface area contributed by atoms with Crippen LogP contribution in [0.15, 0.2) is 46.9 Å². The molecule has 0 radical (unpaired) electrons. The van der Waals surface area contributed by atoms with Gasteiger partial charge >= 0.3 is 0 Å². The Hall–Kier alpha value is -1.54. The van der Waals surface area contributed by atoms with Gasteiger partial charge in [-0.2, -0.15) is 4.31 Å². The number of hydrogen-bond donors (Lipinski definition) is 0. The maximum absolute atomic E-state index is 12.8. The lowest BCUT2D eigenvalue weighted by Crippen LogP contribution is -2.29. The normalized spacial score (nSPS) is 13.6. The summed E-state index contributed by atoms with van der Waals surface area (Å²) in [5.41, 5.74) is 3.07. The number of rotatable bonds is 4. The molecule has 0 saturated heterocycles. The molecule has 0 unspecified atom stereocenters. The largest absolute Gasteiger partial charge is 0.244 e. The van der Waals surface area contributed by atoms with Crippen molar-refractivity contribution >= 4 is 43.3 Å². The number of nitrogens with zero attached hydrogens (tertiary/aromatic N) is 3. The van der Waals surface area contributed by atoms with Crippen molar-refractivity contribution in [3.8, 4) is 0 Å². The van der Waals surface area contributed by atoms with Crippen LogP contribution in [0.1, 0.15) is 18.5 Å². The third-order valence-corrected chi connectivity index (χ3v) is 6.65. The Kier molecular flexibility index (Phi) is 4.37. The van der Waals surface area contributed by atoms with Crippen LogP contribution in [-0.2, 0) is 10.0 Å². The van der Waals surface area contributed by atoms with Crippen LogP contribution in [0.3, 0.4) is 0 Å². The Labute approximate surface area is 143 Å². The average Bonchev–Trinajstić information content (AvgIpc) is 3.01. The molecule has 0 amide bonds. The SMILES string of the molecule is C[C@@H](c1ccc(Cl)cc1)N(C)S(=O)(=O)c1cnc2ncsc2c1. The van der Waals surface area contributed by atoms with Gasteiger partial charge in [-0.05, 0) is 30.7 Å². The van der Waals surface area contributed by atoms with E-state index < -0.39 is 10.0 Å². The third kappa shape index (κ3) is 3.10. The predicted molar refractivity (Wildman–Crippen MR) is 92.2 cm³/mol. The summed E-state index contributed by atoms with van der Waals surface area (Å²) in [6.07, 6.45) is 1.35. The van der Waals surface area contributed by atoms with Gasteiger partial charge in [-0.3, -0.25) is 0 Å². The maximum atomic E-state index is 12.8. The van der Waals surface area contributed by atoms with Crippen molar-refractivity contribution in [2.45, 2.75) is 17.9 Å². The van der Waals surface area contributed by atoms with Crippen molar-refractivity contribution in [1.82, 2.24) is 14.3 Å². The van der Waals surface area contributed by atoms with Gasteiger partial charge in [-0.25, -0.2) is 18.4 Å². The Balaban J connectivity index is 1.95. The van der Waals surface area contributed by atoms with Gasteiger partial charge in [-0.15, -0.1) is 11.3 Å². The molecule has 0 aliphatic carbocycles. The molecule has 1 aromatic carbocycles. The molecule has 2 heterocycles. The molecule has 120 valence electrons. The van der Waals surface area contributed by atoms with E-state index in [1.165, 1.54) is 21.8 Å². The minimum Gasteiger partial charge on any atom is -0.234 e. The molecule has 0 bridgehead atoms. The Morgan fingerprint density at radius 2 is 1.91 bits per heavy atom. The van der Waals surface area contributed by atoms with Crippen molar-refractivity contribution < 1.29 is 8.42 Å². The first kappa shape index (κ1) is 16.3. The molecule has 0 aliphatic heterocycles. The summed E-state index contributed by atoms with van der Waals surface area (Å²) in [4.78, 5) is 8.34. The first-order valence-corrected chi connectivity index (χ1v) is 9.52. The number of aromatic nitrogens is 2. The number of pyridine rings is 1. The zero-order valence-electron chi connectivity index (χ0n) is 12.5. The molecular formula is C15H14ClN3O2S2. The third-order valence-electron chi connectivity index (χ3n) is 3.74. The molecule has 5 nitrogen and oxygen atoms in total. The molecule has 0 aliphatic rings. The van der Waals surface area contributed by atoms with E-state index in [0.717, 1.165) is 10.3 Å². The number of halogens is 1. The molecule has 0 saturated carbocycles. The van der Waals surface area contributed by atoms with Crippen molar-refractivity contribution in [1.29, 1.82) is 0 Å². The fourth-order valence-electron chi connectivity index (χ4n) is 2.20. The molecule has 0 fully saturated rings. The summed E-state index contributed by atoms with van der Waals surface area (Å²) >= 11 is 7.25. The minimum absolute atomic E-state index is 0.164. The second kappa shape index (κ2) is 6.16. The standard InChI is InChI=1S/C15H14ClN3O2S2/c1-10(11-3-5-12(16)6-4-11)19(2)23(20,21)13-7-14-15(17-8-13)18-9-22-14/h3-10H,1-2H3/t10-/m0/s1. The summed E-state index contributed by atoms with van der Waals surface area (Å²) in [6, 6.07) is 8.43. The van der Waals surface area contributed by atoms with Gasteiger partial charge in [0.05, 0.1) is 10.2 Å². The van der Waals surface area contributed by atoms with Crippen LogP contribution in [0.4, 0.5) is 0 Å². The fourth-order valence-corrected chi connectivity index (χ4v) is 4.40. The highest BCUT2D eigenvalue weighted by Crippen LogP contribution is 2.28. The summed E-state index contributed by atoms with van der Waals surface area (Å²) in [5.74, 6) is 0. The summed E-state index contributed by atoms with van der Waals surface area (Å²) < 4.78 is 27.7. The lowest BCUT2D eigenvalue weighted by atomic mass is 10.1. The predicted octanol–water partition coefficient (Wildman–Crippen LogP) is 3.73. The summed E-state index contributed by atoms with van der Waals surface area (Å²) in [7, 11) is -2.09. The number of hydrogen-bond acceptors (Lipinski definition) is 5. The lowest BCUT2D eigenvalue weighted by molar-refractivity contribution is 0.398. The zero-order chi connectivity index (χ0) is 16.6. The first-order chi connectivity index (χ1) is 10.9. The van der Waals surface area contributed by atoms with Gasteiger partial charge in [0, 0.05) is 24.3 Å². The van der Waals surface area contributed by atoms with Crippen molar-refractivity contribution in [2.24, 2.45) is 0 Å². The molecule has 2 aromatic heterocycles. The van der Waals surface area contributed by atoms with Gasteiger partial charge in [0.1, 0.15) is 4.90 Å². The number of sulfonamides is 1. The van der Waals surface area contributed by atoms with Crippen LogP contribution < -0.4 is 0 Å². The Morgan fingerprint density at radius 3 is 2.61 bits per heavy atom. The highest BCUT2D eigenvalue weighted by atomic mass is 35.5. The Bertz CT molecular complexity index is 939. The first-order valence-electron chi connectivity index (χ1n) is 6.82. The summed E-state index contributed by atoms with van der Waals surface area (Å²) in [6.45, 7) is 1.83. The monoisotopic (exact) mass is 367 g/mol. The van der Waals surface area contributed by atoms with Crippen LogP contribution in [0.5, 0.6) is 0 Å². The quantitative estimate of drug-likeness (QED) is 0.704. The van der Waals surface area contributed by atoms with Crippen molar-refractivity contribution in [3.63, 3.8) is 0 Å². The summed E-state index contributed by atoms with van der Waals surface area (Å²) in [5, 5.41) is 0.617. The van der Waals surface area contributed by atoms with Gasteiger partial charge in [-0.1, -0.05) is 23.7 Å². The van der Waals surface area contributed by atoms with Gasteiger partial charge in [0.25, 0.3) is 0 Å². The Morgan fingerprint density at radius 1 is 1.22 bits per heavy atom. The topological polar surface area (TPSA) is 63.2 Å². The van der Waals surface area contributed by atoms with E-state index in [0.29, 0.717) is 10.7 Å². The highest BCUT2D eigenvalue weighted by molar-refractivity contribution is 7.89. The van der Waals surface area contributed by atoms with E-state index in [1.807, 2.05) is 19.1 Å². The van der Waals surface area contributed by atoms with E-state index in [4.69, 9.17) is 11.6 Å². The van der Waals surface area contributed by atoms with Gasteiger partial charge in [0.15, 0.2) is 5.65 Å². The molecule has 3 rings (SSSR count). The van der Waals surface area contributed by atoms with Crippen LogP contribution >= 0.6 is 22.9 Å². The second-order valence-corrected chi connectivity index (χ2v) is 8.41. The molecule has 8 heteroatoms. The smallest absolute Gasteiger partial charge is 0.234 e. The molecule has 23 heavy (non-hydrogen) atoms. The van der Waals surface area contributed by atoms with Crippen LogP contribution in [0.25, 0.3) is 10.3 Å². The van der Waals surface area contributed by atoms with E-state index in [9.17, 15) is 8.42 Å². The minimum atomic E-state index is -3.65. The van der Waals surface area contributed by atoms with E-state index in [-0.39, 0.29) is 10.9 Å². The van der Waals surface area contributed by atoms with Crippen LogP contribution in [-0.4, -0.2) is 29.7 Å². The number of thiazole rings is 1. The number of benzene rings is 1.